The van der Waals surface area contributed by atoms with Gasteiger partial charge in [-0.15, -0.1) is 0 Å². The van der Waals surface area contributed by atoms with Crippen LogP contribution in [0.4, 0.5) is 0 Å². The summed E-state index contributed by atoms with van der Waals surface area (Å²) in [6.07, 6.45) is 2.05. The molecule has 0 radical (unpaired) electrons. The highest BCUT2D eigenvalue weighted by Crippen LogP contribution is 2.23. The first-order valence-corrected chi connectivity index (χ1v) is 8.62. The minimum Gasteiger partial charge on any atom is -0.508 e. The number of carbonyl (C=O) groups is 1. The SMILES string of the molecule is CC1NNC(C)C1CC(=O)N(Cc1ccco1)Cc1ccccc1O. The molecule has 0 saturated carbocycles. The number of rotatable bonds is 6. The fourth-order valence-corrected chi connectivity index (χ4v) is 3.27. The van der Waals surface area contributed by atoms with Crippen molar-refractivity contribution in [3.63, 3.8) is 0 Å². The van der Waals surface area contributed by atoms with Gasteiger partial charge in [-0.2, -0.15) is 0 Å². The first kappa shape index (κ1) is 17.5. The van der Waals surface area contributed by atoms with Gasteiger partial charge in [0.1, 0.15) is 11.5 Å². The van der Waals surface area contributed by atoms with Crippen molar-refractivity contribution in [2.75, 3.05) is 0 Å². The van der Waals surface area contributed by atoms with Crippen molar-refractivity contribution in [3.8, 4) is 5.75 Å². The van der Waals surface area contributed by atoms with Crippen LogP contribution in [0.5, 0.6) is 5.75 Å². The second-order valence-electron chi connectivity index (χ2n) is 6.69. The molecule has 6 heteroatoms. The van der Waals surface area contributed by atoms with Crippen LogP contribution < -0.4 is 10.9 Å². The third-order valence-electron chi connectivity index (χ3n) is 4.87. The van der Waals surface area contributed by atoms with Gasteiger partial charge < -0.3 is 14.4 Å². The van der Waals surface area contributed by atoms with E-state index in [1.807, 2.05) is 24.3 Å². The van der Waals surface area contributed by atoms with Crippen LogP contribution in [0.15, 0.2) is 47.1 Å². The maximum Gasteiger partial charge on any atom is 0.223 e. The summed E-state index contributed by atoms with van der Waals surface area (Å²) < 4.78 is 5.41. The molecule has 2 unspecified atom stereocenters. The van der Waals surface area contributed by atoms with Crippen LogP contribution in [0.1, 0.15) is 31.6 Å². The predicted molar refractivity (Wildman–Crippen MR) is 94.4 cm³/mol. The normalized spacial score (nSPS) is 22.9. The van der Waals surface area contributed by atoms with Crippen LogP contribution in [0.25, 0.3) is 0 Å². The van der Waals surface area contributed by atoms with Crippen molar-refractivity contribution in [3.05, 3.63) is 54.0 Å². The molecule has 3 N–H and O–H groups in total. The van der Waals surface area contributed by atoms with Crippen LogP contribution in [-0.4, -0.2) is 28.0 Å². The van der Waals surface area contributed by atoms with Crippen LogP contribution in [0.2, 0.25) is 0 Å². The molecule has 1 aliphatic rings. The number of phenolic OH excluding ortho intramolecular Hbond substituents is 1. The number of amides is 1. The van der Waals surface area contributed by atoms with E-state index in [4.69, 9.17) is 4.42 Å². The van der Waals surface area contributed by atoms with Crippen LogP contribution >= 0.6 is 0 Å². The molecule has 0 bridgehead atoms. The van der Waals surface area contributed by atoms with E-state index in [0.29, 0.717) is 19.5 Å². The summed E-state index contributed by atoms with van der Waals surface area (Å²) >= 11 is 0. The number of phenols is 1. The van der Waals surface area contributed by atoms with Gasteiger partial charge in [0.15, 0.2) is 0 Å². The molecule has 0 aliphatic carbocycles. The van der Waals surface area contributed by atoms with E-state index < -0.39 is 0 Å². The van der Waals surface area contributed by atoms with Gasteiger partial charge in [-0.3, -0.25) is 15.6 Å². The quantitative estimate of drug-likeness (QED) is 0.751. The van der Waals surface area contributed by atoms with Gasteiger partial charge in [0, 0.05) is 36.5 Å². The molecule has 1 aromatic heterocycles. The fraction of sp³-hybridized carbons (Fsp3) is 0.421. The molecule has 3 rings (SSSR count). The maximum atomic E-state index is 13.0. The molecule has 1 aliphatic heterocycles. The molecule has 6 nitrogen and oxygen atoms in total. The highest BCUT2D eigenvalue weighted by Gasteiger charge is 2.33. The van der Waals surface area contributed by atoms with Gasteiger partial charge >= 0.3 is 0 Å². The van der Waals surface area contributed by atoms with Gasteiger partial charge in [0.25, 0.3) is 0 Å². The number of hydrogen-bond acceptors (Lipinski definition) is 5. The minimum absolute atomic E-state index is 0.0499. The van der Waals surface area contributed by atoms with Crippen molar-refractivity contribution in [2.24, 2.45) is 5.92 Å². The van der Waals surface area contributed by atoms with E-state index in [-0.39, 0.29) is 29.7 Å². The van der Waals surface area contributed by atoms with Crippen LogP contribution in [0.3, 0.4) is 0 Å². The molecule has 2 heterocycles. The monoisotopic (exact) mass is 343 g/mol. The van der Waals surface area contributed by atoms with E-state index in [1.54, 1.807) is 23.3 Å². The lowest BCUT2D eigenvalue weighted by Gasteiger charge is -2.25. The lowest BCUT2D eigenvalue weighted by Crippen LogP contribution is -2.35. The highest BCUT2D eigenvalue weighted by molar-refractivity contribution is 5.76. The van der Waals surface area contributed by atoms with Crippen molar-refractivity contribution < 1.29 is 14.3 Å². The Morgan fingerprint density at radius 1 is 1.12 bits per heavy atom. The number of benzene rings is 1. The molecule has 134 valence electrons. The summed E-state index contributed by atoms with van der Waals surface area (Å²) in [6.45, 7) is 4.89. The summed E-state index contributed by atoms with van der Waals surface area (Å²) in [7, 11) is 0. The molecule has 2 aromatic rings. The van der Waals surface area contributed by atoms with E-state index in [1.165, 1.54) is 0 Å². The number of hydrazine groups is 1. The lowest BCUT2D eigenvalue weighted by atomic mass is 9.92. The molecule has 1 fully saturated rings. The largest absolute Gasteiger partial charge is 0.508 e. The zero-order valence-electron chi connectivity index (χ0n) is 14.6. The molecule has 0 spiro atoms. The van der Waals surface area contributed by atoms with Crippen molar-refractivity contribution in [1.82, 2.24) is 15.8 Å². The van der Waals surface area contributed by atoms with Gasteiger partial charge in [0.2, 0.25) is 5.91 Å². The molecule has 2 atom stereocenters. The minimum atomic E-state index is 0.0499. The predicted octanol–water partition coefficient (Wildman–Crippen LogP) is 2.41. The lowest BCUT2D eigenvalue weighted by molar-refractivity contribution is -0.134. The van der Waals surface area contributed by atoms with Gasteiger partial charge in [-0.1, -0.05) is 18.2 Å². The molecule has 1 amide bonds. The number of carbonyl (C=O) groups excluding carboxylic acids is 1. The number of furan rings is 1. The Bertz CT molecular complexity index is 692. The Kier molecular flexibility index (Phi) is 5.40. The Labute approximate surface area is 147 Å². The maximum absolute atomic E-state index is 13.0. The Hall–Kier alpha value is -2.31. The first-order chi connectivity index (χ1) is 12.0. The van der Waals surface area contributed by atoms with E-state index >= 15 is 0 Å². The number of hydrogen-bond donors (Lipinski definition) is 3. The molecule has 1 aromatic carbocycles. The highest BCUT2D eigenvalue weighted by atomic mass is 16.3. The third kappa shape index (κ3) is 4.21. The van der Waals surface area contributed by atoms with Crippen molar-refractivity contribution in [2.45, 2.75) is 45.4 Å². The van der Waals surface area contributed by atoms with E-state index in [9.17, 15) is 9.90 Å². The van der Waals surface area contributed by atoms with Gasteiger partial charge in [-0.25, -0.2) is 0 Å². The Morgan fingerprint density at radius 2 is 1.84 bits per heavy atom. The fourth-order valence-electron chi connectivity index (χ4n) is 3.27. The topological polar surface area (TPSA) is 77.7 Å². The van der Waals surface area contributed by atoms with Gasteiger partial charge in [-0.05, 0) is 32.0 Å². The summed E-state index contributed by atoms with van der Waals surface area (Å²) in [5.74, 6) is 1.20. The molecule has 1 saturated heterocycles. The smallest absolute Gasteiger partial charge is 0.223 e. The number of para-hydroxylation sites is 1. The van der Waals surface area contributed by atoms with E-state index in [2.05, 4.69) is 24.7 Å². The molecular formula is C19H25N3O3. The number of nitrogens with one attached hydrogen (secondary N) is 2. The zero-order chi connectivity index (χ0) is 17.8. The van der Waals surface area contributed by atoms with Crippen molar-refractivity contribution in [1.29, 1.82) is 0 Å². The number of nitrogens with zero attached hydrogens (tertiary/aromatic N) is 1. The standard InChI is InChI=1S/C19H25N3O3/c1-13-17(14(2)21-20-13)10-19(24)22(12-16-7-5-9-25-16)11-15-6-3-4-8-18(15)23/h3-9,13-14,17,20-21,23H,10-12H2,1-2H3. The second kappa shape index (κ2) is 7.72. The van der Waals surface area contributed by atoms with Crippen LogP contribution in [0, 0.1) is 5.92 Å². The third-order valence-corrected chi connectivity index (χ3v) is 4.87. The Balaban J connectivity index is 1.75. The van der Waals surface area contributed by atoms with Crippen LogP contribution in [-0.2, 0) is 17.9 Å². The number of aromatic hydroxyl groups is 1. The van der Waals surface area contributed by atoms with E-state index in [0.717, 1.165) is 11.3 Å². The Morgan fingerprint density at radius 3 is 2.48 bits per heavy atom. The molecule has 25 heavy (non-hydrogen) atoms. The summed E-state index contributed by atoms with van der Waals surface area (Å²) in [4.78, 5) is 14.7. The molecular weight excluding hydrogens is 318 g/mol. The summed E-state index contributed by atoms with van der Waals surface area (Å²) in [5.41, 5.74) is 7.11. The van der Waals surface area contributed by atoms with Crippen molar-refractivity contribution >= 4 is 5.91 Å². The average Bonchev–Trinajstić information content (AvgIpc) is 3.21. The zero-order valence-corrected chi connectivity index (χ0v) is 14.6. The second-order valence-corrected chi connectivity index (χ2v) is 6.69. The summed E-state index contributed by atoms with van der Waals surface area (Å²) in [6, 6.07) is 11.2. The average molecular weight is 343 g/mol. The first-order valence-electron chi connectivity index (χ1n) is 8.62. The summed E-state index contributed by atoms with van der Waals surface area (Å²) in [5, 5.41) is 10.1. The van der Waals surface area contributed by atoms with Gasteiger partial charge in [0.05, 0.1) is 12.8 Å².